The van der Waals surface area contributed by atoms with Crippen molar-refractivity contribution in [2.24, 2.45) is 50.2 Å². The first kappa shape index (κ1) is 24.8. The molecule has 5 rings (SSSR count). The second-order valence-corrected chi connectivity index (χ2v) is 15.0. The first-order chi connectivity index (χ1) is 15.6. The lowest BCUT2D eigenvalue weighted by Gasteiger charge is -2.71. The van der Waals surface area contributed by atoms with Crippen LogP contribution in [0.25, 0.3) is 0 Å². The van der Waals surface area contributed by atoms with E-state index in [0.29, 0.717) is 24.7 Å². The molecule has 0 aliphatic heterocycles. The third-order valence-electron chi connectivity index (χ3n) is 13.4. The number of hydrogen-bond donors (Lipinski definition) is 3. The molecule has 0 spiro atoms. The minimum atomic E-state index is -0.867. The molecule has 5 aliphatic rings. The van der Waals surface area contributed by atoms with E-state index in [9.17, 15) is 20.1 Å². The van der Waals surface area contributed by atoms with Gasteiger partial charge in [0.05, 0.1) is 17.6 Å². The first-order valence-electron chi connectivity index (χ1n) is 13.9. The van der Waals surface area contributed by atoms with Crippen LogP contribution >= 0.6 is 0 Å². The summed E-state index contributed by atoms with van der Waals surface area (Å²) in [4.78, 5) is 12.3. The van der Waals surface area contributed by atoms with Gasteiger partial charge in [-0.3, -0.25) is 4.79 Å². The molecule has 4 fully saturated rings. The van der Waals surface area contributed by atoms with E-state index in [1.807, 2.05) is 6.92 Å². The molecule has 0 aromatic carbocycles. The number of allylic oxidation sites excluding steroid dienone is 2. The predicted octanol–water partition coefficient (Wildman–Crippen LogP) is 6.20. The summed E-state index contributed by atoms with van der Waals surface area (Å²) in [5, 5.41) is 32.2. The summed E-state index contributed by atoms with van der Waals surface area (Å²) in [7, 11) is 0. The highest BCUT2D eigenvalue weighted by Crippen LogP contribution is 2.75. The van der Waals surface area contributed by atoms with Crippen LogP contribution in [0.5, 0.6) is 0 Å². The second-order valence-electron chi connectivity index (χ2n) is 15.0. The Morgan fingerprint density at radius 1 is 0.824 bits per heavy atom. The standard InChI is InChI=1S/C30H48O4/c1-25(2)20-10-13-30(7)21(28(20,5)12-11-22(25)31)9-8-18-19-16-26(3,24(33)34)17-23(32)27(19,4)14-15-29(18,30)6/h8,19-23,31-32H,9-17H2,1-7H3,(H,33,34)/t19-,20-,21-,22+,23-,26-,27-,28+,29-,30-/m1/s1. The first-order valence-corrected chi connectivity index (χ1v) is 13.9. The lowest BCUT2D eigenvalue weighted by molar-refractivity contribution is -0.208. The summed E-state index contributed by atoms with van der Waals surface area (Å²) in [6.07, 6.45) is 10.1. The van der Waals surface area contributed by atoms with E-state index in [2.05, 4.69) is 47.6 Å². The number of carbonyl (C=O) groups is 1. The third-order valence-corrected chi connectivity index (χ3v) is 13.4. The average Bonchev–Trinajstić information content (AvgIpc) is 2.73. The van der Waals surface area contributed by atoms with E-state index < -0.39 is 17.5 Å². The summed E-state index contributed by atoms with van der Waals surface area (Å²) >= 11 is 0. The maximum absolute atomic E-state index is 12.3. The Morgan fingerprint density at radius 2 is 1.50 bits per heavy atom. The number of fused-ring (bicyclic) bond motifs is 7. The summed E-state index contributed by atoms with van der Waals surface area (Å²) in [5.74, 6) is 0.463. The van der Waals surface area contributed by atoms with Crippen molar-refractivity contribution in [3.8, 4) is 0 Å². The van der Waals surface area contributed by atoms with Gasteiger partial charge in [0, 0.05) is 5.41 Å². The molecule has 3 N–H and O–H groups in total. The predicted molar refractivity (Wildman–Crippen MR) is 134 cm³/mol. The highest BCUT2D eigenvalue weighted by atomic mass is 16.4. The van der Waals surface area contributed by atoms with E-state index in [-0.39, 0.29) is 39.1 Å². The molecule has 4 heteroatoms. The minimum Gasteiger partial charge on any atom is -0.481 e. The van der Waals surface area contributed by atoms with Crippen molar-refractivity contribution in [3.05, 3.63) is 11.6 Å². The van der Waals surface area contributed by atoms with Crippen molar-refractivity contribution in [1.82, 2.24) is 0 Å². The van der Waals surface area contributed by atoms with Gasteiger partial charge in [0.2, 0.25) is 0 Å². The zero-order valence-electron chi connectivity index (χ0n) is 22.6. The van der Waals surface area contributed by atoms with Gasteiger partial charge in [0.15, 0.2) is 0 Å². The van der Waals surface area contributed by atoms with Gasteiger partial charge in [-0.05, 0) is 104 Å². The molecule has 4 saturated carbocycles. The van der Waals surface area contributed by atoms with E-state index in [4.69, 9.17) is 0 Å². The molecule has 5 aliphatic carbocycles. The number of hydrogen-bond acceptors (Lipinski definition) is 3. The van der Waals surface area contributed by atoms with Gasteiger partial charge in [-0.2, -0.15) is 0 Å². The molecule has 0 saturated heterocycles. The number of aliphatic carboxylic acids is 1. The topological polar surface area (TPSA) is 77.8 Å². The van der Waals surface area contributed by atoms with Gasteiger partial charge < -0.3 is 15.3 Å². The van der Waals surface area contributed by atoms with Crippen LogP contribution in [0.2, 0.25) is 0 Å². The fourth-order valence-electron chi connectivity index (χ4n) is 10.6. The quantitative estimate of drug-likeness (QED) is 0.397. The average molecular weight is 473 g/mol. The van der Waals surface area contributed by atoms with Gasteiger partial charge in [-0.25, -0.2) is 0 Å². The van der Waals surface area contributed by atoms with Crippen LogP contribution in [-0.4, -0.2) is 33.5 Å². The minimum absolute atomic E-state index is 0.0325. The van der Waals surface area contributed by atoms with E-state index >= 15 is 0 Å². The van der Waals surface area contributed by atoms with Crippen LogP contribution in [0.4, 0.5) is 0 Å². The number of aliphatic hydroxyl groups is 2. The summed E-state index contributed by atoms with van der Waals surface area (Å²) in [5.41, 5.74) is 0.706. The van der Waals surface area contributed by atoms with Crippen LogP contribution < -0.4 is 0 Å². The van der Waals surface area contributed by atoms with Crippen LogP contribution in [0.1, 0.15) is 106 Å². The molecule has 0 aromatic heterocycles. The molecule has 0 unspecified atom stereocenters. The van der Waals surface area contributed by atoms with Gasteiger partial charge >= 0.3 is 5.97 Å². The van der Waals surface area contributed by atoms with E-state index in [1.54, 1.807) is 0 Å². The SMILES string of the molecule is CC1(C)[C@H]2CC[C@]3(C)[C@H](CC=C4[C@H]5C[C@@](C)(C(=O)O)C[C@@H](O)[C@]5(C)CC[C@]43C)[C@@]2(C)CC[C@@H]1O. The molecular weight excluding hydrogens is 424 g/mol. The van der Waals surface area contributed by atoms with Crippen LogP contribution in [-0.2, 0) is 4.79 Å². The Labute approximate surface area is 206 Å². The highest BCUT2D eigenvalue weighted by Gasteiger charge is 2.69. The maximum Gasteiger partial charge on any atom is 0.309 e. The highest BCUT2D eigenvalue weighted by molar-refractivity contribution is 5.74. The molecule has 34 heavy (non-hydrogen) atoms. The fraction of sp³-hybridized carbons (Fsp3) is 0.900. The lowest BCUT2D eigenvalue weighted by Crippen LogP contribution is -2.65. The van der Waals surface area contributed by atoms with Gasteiger partial charge in [-0.1, -0.05) is 53.2 Å². The Hall–Kier alpha value is -0.870. The Balaban J connectivity index is 1.59. The molecule has 0 bridgehead atoms. The van der Waals surface area contributed by atoms with Crippen molar-refractivity contribution in [1.29, 1.82) is 0 Å². The molecule has 0 radical (unpaired) electrons. The number of carboxylic acids is 1. The molecule has 0 amide bonds. The monoisotopic (exact) mass is 472 g/mol. The largest absolute Gasteiger partial charge is 0.481 e. The van der Waals surface area contributed by atoms with Crippen LogP contribution in [0, 0.1) is 50.2 Å². The van der Waals surface area contributed by atoms with Gasteiger partial charge in [-0.15, -0.1) is 0 Å². The maximum atomic E-state index is 12.3. The second kappa shape index (κ2) is 7.12. The molecule has 192 valence electrons. The Bertz CT molecular complexity index is 923. The summed E-state index contributed by atoms with van der Waals surface area (Å²) < 4.78 is 0. The van der Waals surface area contributed by atoms with E-state index in [1.165, 1.54) is 12.0 Å². The third kappa shape index (κ3) is 2.82. The number of aliphatic hydroxyl groups excluding tert-OH is 2. The summed E-state index contributed by atoms with van der Waals surface area (Å²) in [6.45, 7) is 16.2. The van der Waals surface area contributed by atoms with Gasteiger partial charge in [0.25, 0.3) is 0 Å². The molecular formula is C30H48O4. The fourth-order valence-corrected chi connectivity index (χ4v) is 10.6. The van der Waals surface area contributed by atoms with E-state index in [0.717, 1.165) is 38.5 Å². The summed E-state index contributed by atoms with van der Waals surface area (Å²) in [6, 6.07) is 0. The van der Waals surface area contributed by atoms with Crippen molar-refractivity contribution >= 4 is 5.97 Å². The normalized spacial score (nSPS) is 56.3. The van der Waals surface area contributed by atoms with Crippen molar-refractivity contribution in [3.63, 3.8) is 0 Å². The molecule has 0 aromatic rings. The van der Waals surface area contributed by atoms with Gasteiger partial charge in [0.1, 0.15) is 0 Å². The van der Waals surface area contributed by atoms with Crippen molar-refractivity contribution in [2.45, 2.75) is 118 Å². The number of carboxylic acid groups (broad SMARTS) is 1. The zero-order valence-corrected chi connectivity index (χ0v) is 22.6. The lowest BCUT2D eigenvalue weighted by atomic mass is 9.33. The van der Waals surface area contributed by atoms with Crippen molar-refractivity contribution in [2.75, 3.05) is 0 Å². The smallest absolute Gasteiger partial charge is 0.309 e. The molecule has 0 heterocycles. The van der Waals surface area contributed by atoms with Crippen LogP contribution in [0.3, 0.4) is 0 Å². The molecule has 4 nitrogen and oxygen atoms in total. The Morgan fingerprint density at radius 3 is 2.15 bits per heavy atom. The Kier molecular flexibility index (Phi) is 5.20. The van der Waals surface area contributed by atoms with Crippen molar-refractivity contribution < 1.29 is 20.1 Å². The zero-order chi connectivity index (χ0) is 25.1. The van der Waals surface area contributed by atoms with Crippen LogP contribution in [0.15, 0.2) is 11.6 Å². The molecule has 10 atom stereocenters. The number of rotatable bonds is 1.